The number of para-hydroxylation sites is 3. The first-order chi connectivity index (χ1) is 13.9. The Hall–Kier alpha value is -3.40. The van der Waals surface area contributed by atoms with Gasteiger partial charge in [0.25, 0.3) is 11.6 Å². The maximum atomic E-state index is 12.7. The number of thioether (sulfide) groups is 1. The number of fused-ring (bicyclic) bond motifs is 1. The Labute approximate surface area is 170 Å². The average molecular weight is 415 g/mol. The van der Waals surface area contributed by atoms with E-state index in [1.54, 1.807) is 30.3 Å². The van der Waals surface area contributed by atoms with Crippen LogP contribution >= 0.6 is 11.8 Å². The van der Waals surface area contributed by atoms with Crippen LogP contribution in [0.5, 0.6) is 0 Å². The molecule has 0 bridgehead atoms. The van der Waals surface area contributed by atoms with Gasteiger partial charge in [-0.05, 0) is 25.1 Å². The van der Waals surface area contributed by atoms with Gasteiger partial charge in [-0.25, -0.2) is 0 Å². The maximum Gasteiger partial charge on any atom is 0.317 e. The lowest BCUT2D eigenvalue weighted by Gasteiger charge is -2.30. The van der Waals surface area contributed by atoms with E-state index in [1.165, 1.54) is 30.0 Å². The molecule has 2 aromatic carbocycles. The molecule has 0 spiro atoms. The fourth-order valence-corrected chi connectivity index (χ4v) is 3.60. The number of nitro benzene ring substituents is 1. The zero-order valence-corrected chi connectivity index (χ0v) is 16.2. The van der Waals surface area contributed by atoms with Crippen molar-refractivity contribution in [1.29, 1.82) is 0 Å². The molecule has 0 aromatic heterocycles. The van der Waals surface area contributed by atoms with Crippen LogP contribution in [0.1, 0.15) is 6.92 Å². The van der Waals surface area contributed by atoms with Gasteiger partial charge < -0.3 is 10.1 Å². The van der Waals surface area contributed by atoms with Crippen molar-refractivity contribution < 1.29 is 24.0 Å². The number of rotatable bonds is 6. The Morgan fingerprint density at radius 3 is 2.69 bits per heavy atom. The average Bonchev–Trinajstić information content (AvgIpc) is 2.71. The quantitative estimate of drug-likeness (QED) is 0.333. The van der Waals surface area contributed by atoms with Crippen LogP contribution in [0.15, 0.2) is 53.4 Å². The van der Waals surface area contributed by atoms with Gasteiger partial charge in [-0.1, -0.05) is 24.3 Å². The molecule has 10 heteroatoms. The number of carbonyl (C=O) groups is 3. The van der Waals surface area contributed by atoms with Crippen LogP contribution in [-0.4, -0.2) is 41.1 Å². The summed E-state index contributed by atoms with van der Waals surface area (Å²) in [6.07, 6.45) is -1.12. The van der Waals surface area contributed by atoms with Crippen LogP contribution < -0.4 is 10.2 Å². The molecule has 29 heavy (non-hydrogen) atoms. The summed E-state index contributed by atoms with van der Waals surface area (Å²) in [5, 5.41) is 13.7. The van der Waals surface area contributed by atoms with Gasteiger partial charge in [-0.3, -0.25) is 29.4 Å². The monoisotopic (exact) mass is 415 g/mol. The molecule has 9 nitrogen and oxygen atoms in total. The minimum Gasteiger partial charge on any atom is -0.452 e. The highest BCUT2D eigenvalue weighted by Crippen LogP contribution is 2.30. The van der Waals surface area contributed by atoms with Crippen molar-refractivity contribution in [2.75, 3.05) is 22.5 Å². The first kappa shape index (κ1) is 20.3. The zero-order chi connectivity index (χ0) is 21.0. The van der Waals surface area contributed by atoms with Crippen molar-refractivity contribution in [3.8, 4) is 0 Å². The van der Waals surface area contributed by atoms with Gasteiger partial charge in [-0.2, -0.15) is 0 Å². The van der Waals surface area contributed by atoms with Crippen molar-refractivity contribution in [2.24, 2.45) is 0 Å². The molecule has 1 heterocycles. The summed E-state index contributed by atoms with van der Waals surface area (Å²) in [4.78, 5) is 48.8. The van der Waals surface area contributed by atoms with Crippen molar-refractivity contribution in [2.45, 2.75) is 17.9 Å². The molecular formula is C19H17N3O6S. The van der Waals surface area contributed by atoms with E-state index in [-0.39, 0.29) is 23.9 Å². The summed E-state index contributed by atoms with van der Waals surface area (Å²) in [6.45, 7) is 1.24. The van der Waals surface area contributed by atoms with Crippen LogP contribution in [0.3, 0.4) is 0 Å². The number of hydrogen-bond acceptors (Lipinski definition) is 7. The number of hydrogen-bond donors (Lipinski definition) is 1. The van der Waals surface area contributed by atoms with E-state index in [1.807, 2.05) is 0 Å². The third-order valence-corrected chi connectivity index (χ3v) is 5.14. The molecule has 0 fully saturated rings. The molecule has 2 aromatic rings. The smallest absolute Gasteiger partial charge is 0.317 e. The number of benzene rings is 2. The molecule has 2 amide bonds. The van der Waals surface area contributed by atoms with E-state index in [0.29, 0.717) is 16.3 Å². The van der Waals surface area contributed by atoms with Gasteiger partial charge in [-0.15, -0.1) is 11.8 Å². The zero-order valence-electron chi connectivity index (χ0n) is 15.4. The molecule has 0 radical (unpaired) electrons. The van der Waals surface area contributed by atoms with Crippen LogP contribution in [0, 0.1) is 10.1 Å². The van der Waals surface area contributed by atoms with E-state index in [0.717, 1.165) is 11.8 Å². The molecule has 0 unspecified atom stereocenters. The second-order valence-corrected chi connectivity index (χ2v) is 7.15. The standard InChI is InChI=1S/C19H17N3O6S/c1-12(19(25)21-10-17(23)20-13-6-2-3-7-14(13)21)28-18(24)11-29-16-9-5-4-8-15(16)22(26)27/h2-9,12H,10-11H2,1H3,(H,20,23)/t12-/m1/s1. The molecule has 1 atom stereocenters. The summed E-state index contributed by atoms with van der Waals surface area (Å²) in [5.74, 6) is -1.76. The van der Waals surface area contributed by atoms with E-state index in [4.69, 9.17) is 4.74 Å². The van der Waals surface area contributed by atoms with Crippen molar-refractivity contribution >= 4 is 46.6 Å². The molecule has 0 saturated carbocycles. The maximum absolute atomic E-state index is 12.7. The number of amides is 2. The van der Waals surface area contributed by atoms with Crippen LogP contribution in [0.25, 0.3) is 0 Å². The second-order valence-electron chi connectivity index (χ2n) is 6.14. The van der Waals surface area contributed by atoms with Crippen molar-refractivity contribution in [3.05, 3.63) is 58.6 Å². The normalized spacial score (nSPS) is 13.8. The summed E-state index contributed by atoms with van der Waals surface area (Å²) in [6, 6.07) is 12.9. The van der Waals surface area contributed by atoms with Gasteiger partial charge in [0.1, 0.15) is 6.54 Å². The fourth-order valence-electron chi connectivity index (χ4n) is 2.80. The number of nitrogens with one attached hydrogen (secondary N) is 1. The Morgan fingerprint density at radius 2 is 1.93 bits per heavy atom. The molecule has 1 aliphatic heterocycles. The number of anilines is 2. The Kier molecular flexibility index (Phi) is 6.13. The van der Waals surface area contributed by atoms with Crippen LogP contribution in [-0.2, 0) is 19.1 Å². The summed E-state index contributed by atoms with van der Waals surface area (Å²) in [5.41, 5.74) is 0.919. The Balaban J connectivity index is 1.62. The Morgan fingerprint density at radius 1 is 1.24 bits per heavy atom. The summed E-state index contributed by atoms with van der Waals surface area (Å²) >= 11 is 0.957. The molecule has 1 N–H and O–H groups in total. The summed E-state index contributed by atoms with van der Waals surface area (Å²) < 4.78 is 5.19. The highest BCUT2D eigenvalue weighted by molar-refractivity contribution is 8.00. The number of nitrogens with zero attached hydrogens (tertiary/aromatic N) is 2. The largest absolute Gasteiger partial charge is 0.452 e. The van der Waals surface area contributed by atoms with Gasteiger partial charge in [0, 0.05) is 6.07 Å². The van der Waals surface area contributed by atoms with Crippen molar-refractivity contribution in [3.63, 3.8) is 0 Å². The van der Waals surface area contributed by atoms with E-state index < -0.39 is 22.9 Å². The minimum absolute atomic E-state index is 0.106. The highest BCUT2D eigenvalue weighted by atomic mass is 32.2. The van der Waals surface area contributed by atoms with E-state index in [9.17, 15) is 24.5 Å². The molecule has 1 aliphatic rings. The Bertz CT molecular complexity index is 980. The number of carbonyl (C=O) groups excluding carboxylic acids is 3. The third-order valence-electron chi connectivity index (χ3n) is 4.10. The number of nitro groups is 1. The lowest BCUT2D eigenvalue weighted by atomic mass is 10.1. The highest BCUT2D eigenvalue weighted by Gasteiger charge is 2.31. The molecule has 150 valence electrons. The molecule has 3 rings (SSSR count). The molecular weight excluding hydrogens is 398 g/mol. The second kappa shape index (κ2) is 8.74. The lowest BCUT2D eigenvalue weighted by molar-refractivity contribution is -0.387. The summed E-state index contributed by atoms with van der Waals surface area (Å²) in [7, 11) is 0. The van der Waals surface area contributed by atoms with Gasteiger partial charge in [0.15, 0.2) is 6.10 Å². The van der Waals surface area contributed by atoms with Crippen LogP contribution in [0.4, 0.5) is 17.1 Å². The number of esters is 1. The predicted octanol–water partition coefficient (Wildman–Crippen LogP) is 2.60. The number of ether oxygens (including phenoxy) is 1. The van der Waals surface area contributed by atoms with Gasteiger partial charge >= 0.3 is 5.97 Å². The SMILES string of the molecule is C[C@@H](OC(=O)CSc1ccccc1[N+](=O)[O-])C(=O)N1CC(=O)Nc2ccccc21. The van der Waals surface area contributed by atoms with Gasteiger partial charge in [0.2, 0.25) is 5.91 Å². The predicted molar refractivity (Wildman–Crippen MR) is 107 cm³/mol. The van der Waals surface area contributed by atoms with E-state index in [2.05, 4.69) is 5.32 Å². The van der Waals surface area contributed by atoms with Crippen LogP contribution in [0.2, 0.25) is 0 Å². The van der Waals surface area contributed by atoms with Gasteiger partial charge in [0.05, 0.1) is 26.9 Å². The fraction of sp³-hybridized carbons (Fsp3) is 0.211. The third kappa shape index (κ3) is 4.72. The van der Waals surface area contributed by atoms with Crippen molar-refractivity contribution in [1.82, 2.24) is 0 Å². The topological polar surface area (TPSA) is 119 Å². The lowest BCUT2D eigenvalue weighted by Crippen LogP contribution is -2.47. The minimum atomic E-state index is -1.12. The molecule has 0 aliphatic carbocycles. The molecule has 0 saturated heterocycles. The van der Waals surface area contributed by atoms with E-state index >= 15 is 0 Å². The first-order valence-corrected chi connectivity index (χ1v) is 9.61. The first-order valence-electron chi connectivity index (χ1n) is 8.63.